The maximum absolute atomic E-state index is 13.9. The monoisotopic (exact) mass is 1140 g/mol. The van der Waals surface area contributed by atoms with Crippen molar-refractivity contribution in [1.82, 2.24) is 0 Å². The van der Waals surface area contributed by atoms with Crippen LogP contribution in [-0.2, 0) is 52.3 Å². The van der Waals surface area contributed by atoms with Crippen molar-refractivity contribution in [2.75, 3.05) is 19.8 Å². The number of fused-ring (bicyclic) bond motifs is 7. The summed E-state index contributed by atoms with van der Waals surface area (Å²) in [7, 11) is 0. The number of ether oxygens (including phenoxy) is 8. The Morgan fingerprint density at radius 2 is 1.18 bits per heavy atom. The molecule has 0 aromatic heterocycles. The van der Waals surface area contributed by atoms with Crippen molar-refractivity contribution < 1.29 is 114 Å². The highest BCUT2D eigenvalue weighted by Gasteiger charge is 2.76. The summed E-state index contributed by atoms with van der Waals surface area (Å²) >= 11 is 0. The Labute approximate surface area is 466 Å². The third kappa shape index (κ3) is 9.76. The Morgan fingerprint density at radius 3 is 1.71 bits per heavy atom. The Kier molecular flexibility index (Phi) is 17.9. The average Bonchev–Trinajstić information content (AvgIpc) is 3.72. The smallest absolute Gasteiger partial charge is 0.335 e. The number of rotatable bonds is 14. The molecule has 9 unspecified atom stereocenters. The lowest BCUT2D eigenvalue weighted by Crippen LogP contribution is -2.76. The highest BCUT2D eigenvalue weighted by atomic mass is 16.8. The molecule has 0 spiro atoms. The third-order valence-corrected chi connectivity index (χ3v) is 21.4. The van der Waals surface area contributed by atoms with Crippen LogP contribution in [0.3, 0.4) is 0 Å². The molecule has 12 N–H and O–H groups in total. The number of hydrogen-bond donors (Lipinski definition) is 12. The fraction of sp³-hybridized carbons (Fsp3) is 0.842. The maximum atomic E-state index is 13.9. The van der Waals surface area contributed by atoms with Gasteiger partial charge in [0.25, 0.3) is 0 Å². The third-order valence-electron chi connectivity index (χ3n) is 21.4. The number of hydrogen-bond acceptors (Lipinski definition) is 22. The van der Waals surface area contributed by atoms with Crippen molar-refractivity contribution in [2.45, 2.75) is 231 Å². The van der Waals surface area contributed by atoms with Gasteiger partial charge in [0.2, 0.25) is 0 Å². The van der Waals surface area contributed by atoms with Crippen LogP contribution in [0.4, 0.5) is 0 Å². The number of carbonyl (C=O) groups is 3. The van der Waals surface area contributed by atoms with Gasteiger partial charge in [-0.05, 0) is 100 Å². The minimum Gasteiger partial charge on any atom is -0.479 e. The van der Waals surface area contributed by atoms with Crippen LogP contribution in [0, 0.1) is 50.2 Å². The molecule has 0 amide bonds. The summed E-state index contributed by atoms with van der Waals surface area (Å²) in [5.41, 5.74) is -4.40. The Balaban J connectivity index is 1.14. The predicted octanol–water partition coefficient (Wildman–Crippen LogP) is 0.263. The Morgan fingerprint density at radius 1 is 0.637 bits per heavy atom. The molecule has 3 aliphatic heterocycles. The molecule has 0 radical (unpaired) electrons. The first kappa shape index (κ1) is 63.0. The lowest BCUT2D eigenvalue weighted by atomic mass is 9.32. The number of aliphatic hydroxyl groups excluding tert-OH is 11. The summed E-state index contributed by atoms with van der Waals surface area (Å²) < 4.78 is 49.0. The van der Waals surface area contributed by atoms with Gasteiger partial charge in [0.1, 0.15) is 67.1 Å². The van der Waals surface area contributed by atoms with Crippen molar-refractivity contribution in [2.24, 2.45) is 50.2 Å². The molecule has 26 atom stereocenters. The molecule has 8 rings (SSSR count). The van der Waals surface area contributed by atoms with E-state index in [0.717, 1.165) is 5.57 Å². The van der Waals surface area contributed by atoms with Gasteiger partial charge in [-0.3, -0.25) is 0 Å². The zero-order valence-electron chi connectivity index (χ0n) is 47.7. The van der Waals surface area contributed by atoms with Gasteiger partial charge in [-0.15, -0.1) is 0 Å². The summed E-state index contributed by atoms with van der Waals surface area (Å²) in [6.45, 7) is 18.4. The van der Waals surface area contributed by atoms with Crippen molar-refractivity contribution in [3.8, 4) is 0 Å². The van der Waals surface area contributed by atoms with Crippen molar-refractivity contribution >= 4 is 17.9 Å². The molecule has 3 heterocycles. The molecule has 3 saturated heterocycles. The van der Waals surface area contributed by atoms with Gasteiger partial charge in [0.15, 0.2) is 31.1 Å². The molecule has 5 aliphatic carbocycles. The van der Waals surface area contributed by atoms with E-state index in [4.69, 9.17) is 37.9 Å². The van der Waals surface area contributed by atoms with E-state index in [1.54, 1.807) is 39.8 Å². The van der Waals surface area contributed by atoms with Crippen LogP contribution in [0.1, 0.15) is 115 Å². The number of allylic oxidation sites excluding steroid dienone is 3. The van der Waals surface area contributed by atoms with Crippen molar-refractivity contribution in [3.63, 3.8) is 0 Å². The largest absolute Gasteiger partial charge is 0.479 e. The molecule has 454 valence electrons. The van der Waals surface area contributed by atoms with E-state index in [1.165, 1.54) is 0 Å². The first-order valence-corrected chi connectivity index (χ1v) is 28.1. The lowest BCUT2D eigenvalue weighted by molar-refractivity contribution is -0.386. The summed E-state index contributed by atoms with van der Waals surface area (Å²) in [6, 6.07) is 0. The molecular weight excluding hydrogens is 1050 g/mol. The molecule has 7 fully saturated rings. The van der Waals surface area contributed by atoms with Gasteiger partial charge < -0.3 is 99.2 Å². The predicted molar refractivity (Wildman–Crippen MR) is 277 cm³/mol. The quantitative estimate of drug-likeness (QED) is 0.0480. The van der Waals surface area contributed by atoms with Crippen molar-refractivity contribution in [1.29, 1.82) is 0 Å². The van der Waals surface area contributed by atoms with E-state index in [0.29, 0.717) is 37.7 Å². The number of esters is 2. The number of carbonyl (C=O) groups excluding carboxylic acids is 2. The van der Waals surface area contributed by atoms with Gasteiger partial charge in [0, 0.05) is 22.0 Å². The first-order chi connectivity index (χ1) is 37.3. The summed E-state index contributed by atoms with van der Waals surface area (Å²) in [5.74, 6) is -4.01. The van der Waals surface area contributed by atoms with Crippen LogP contribution >= 0.6 is 0 Å². The highest BCUT2D eigenvalue weighted by molar-refractivity contribution is 5.89. The molecule has 0 aromatic rings. The number of carboxylic acids is 1. The number of aliphatic hydroxyl groups is 11. The van der Waals surface area contributed by atoms with Gasteiger partial charge in [-0.2, -0.15) is 0 Å². The normalized spacial score (nSPS) is 49.0. The minimum atomic E-state index is -2.13. The van der Waals surface area contributed by atoms with E-state index < -0.39 is 193 Å². The molecule has 80 heavy (non-hydrogen) atoms. The second kappa shape index (κ2) is 22.7. The van der Waals surface area contributed by atoms with E-state index >= 15 is 0 Å². The fourth-order valence-electron chi connectivity index (χ4n) is 16.2. The highest BCUT2D eigenvalue weighted by Crippen LogP contribution is 2.76. The van der Waals surface area contributed by atoms with E-state index in [2.05, 4.69) is 19.9 Å². The molecule has 0 aromatic carbocycles. The lowest BCUT2D eigenvalue weighted by Gasteiger charge is -2.73. The Hall–Kier alpha value is -3.05. The number of carboxylic acid groups (broad SMARTS) is 1. The number of aliphatic carboxylic acids is 1. The zero-order chi connectivity index (χ0) is 59.3. The molecule has 4 saturated carbocycles. The van der Waals surface area contributed by atoms with Gasteiger partial charge in [-0.1, -0.05) is 72.3 Å². The molecule has 0 bridgehead atoms. The standard InChI is InChI=1S/C57H88O23/c1-12-24(3)47(71)79-44-45(80-48(72)25(4)13-2)57(23-60)27(20-52(44,5)6)26-14-15-31-54(9)18-17-32(53(7,8)30(54)16-19-55(31,10)56(26,11)42(67)43(57)68)75-51-41(78-50-37(65)35(63)33(61)28(21-58)73-50)39(38(66)40(77-51)46(69)70)76-49-36(64)34(62)29(22-59)74-49/h12-14,27-45,49-51,58-68H,15-23H2,1-11H3,(H,69,70)/t27?,28?,29-,30?,31?,32?,33-,34?,35+,36-,37?,38-,39+,40?,41?,42-,43+,44-,45-,49-,50-,51+,54-,55+,56-,57-/m0/s1. The van der Waals surface area contributed by atoms with Gasteiger partial charge in [-0.25, -0.2) is 14.4 Å². The van der Waals surface area contributed by atoms with Crippen LogP contribution < -0.4 is 0 Å². The van der Waals surface area contributed by atoms with Gasteiger partial charge in [0.05, 0.1) is 43.5 Å². The summed E-state index contributed by atoms with van der Waals surface area (Å²) in [6.07, 6.45) is -24.0. The van der Waals surface area contributed by atoms with Crippen LogP contribution in [-0.4, -0.2) is 216 Å². The summed E-state index contributed by atoms with van der Waals surface area (Å²) in [4.78, 5) is 40.3. The van der Waals surface area contributed by atoms with Crippen LogP contribution in [0.5, 0.6) is 0 Å². The minimum absolute atomic E-state index is 0.153. The topological polar surface area (TPSA) is 368 Å². The molecule has 8 aliphatic rings. The zero-order valence-corrected chi connectivity index (χ0v) is 47.7. The van der Waals surface area contributed by atoms with Crippen LogP contribution in [0.15, 0.2) is 34.9 Å². The first-order valence-electron chi connectivity index (χ1n) is 28.1. The Bertz CT molecular complexity index is 2390. The van der Waals surface area contributed by atoms with E-state index in [-0.39, 0.29) is 23.8 Å². The van der Waals surface area contributed by atoms with Gasteiger partial charge >= 0.3 is 17.9 Å². The maximum Gasteiger partial charge on any atom is 0.335 e. The molecule has 23 heteroatoms. The second-order valence-corrected chi connectivity index (χ2v) is 26.0. The molecule has 23 nitrogen and oxygen atoms in total. The molecular formula is C57H88O23. The van der Waals surface area contributed by atoms with Crippen LogP contribution in [0.2, 0.25) is 0 Å². The van der Waals surface area contributed by atoms with Crippen LogP contribution in [0.25, 0.3) is 0 Å². The fourth-order valence-corrected chi connectivity index (χ4v) is 16.2. The summed E-state index contributed by atoms with van der Waals surface area (Å²) in [5, 5.41) is 134. The average molecular weight is 1140 g/mol. The van der Waals surface area contributed by atoms with E-state index in [9.17, 15) is 75.7 Å². The second-order valence-electron chi connectivity index (χ2n) is 26.0. The SMILES string of the molecule is CC=C(C)C(=O)O[C@H]1[C@H](OC(=O)C(C)=CC)[C@@]2(CO)C(CC1(C)C)C1=CCC3[C@@]4(C)CCC(O[C@@H]5OC(C(=O)O)[C@@H](O)[C@@H](O[C@@H]6O[C@@H](CO)C(O)[C@@H]6O)C5O[C@@H]5OC(CO)[C@H](O)[C@@H](O)C5O)C(C)(C)C4CC[C@@]3(C)[C@]1(C)[C@@H](O)[C@H]2O. The van der Waals surface area contributed by atoms with Crippen molar-refractivity contribution in [3.05, 3.63) is 34.9 Å². The van der Waals surface area contributed by atoms with E-state index in [1.807, 2.05) is 34.6 Å².